The van der Waals surface area contributed by atoms with Crippen molar-refractivity contribution in [2.75, 3.05) is 6.61 Å². The fourth-order valence-electron chi connectivity index (χ4n) is 0.617. The maximum Gasteiger partial charge on any atom is 0.303 e. The third-order valence-corrected chi connectivity index (χ3v) is 1.14. The second kappa shape index (κ2) is 5.70. The van der Waals surface area contributed by atoms with Gasteiger partial charge in [-0.1, -0.05) is 6.92 Å². The van der Waals surface area contributed by atoms with E-state index in [2.05, 4.69) is 4.74 Å². The summed E-state index contributed by atoms with van der Waals surface area (Å²) in [6.45, 7) is 3.65. The molecule has 0 aromatic rings. The third kappa shape index (κ3) is 5.39. The molecule has 0 rings (SSSR count). The quantitative estimate of drug-likeness (QED) is 0.434. The topological polar surface area (TPSA) is 52.6 Å². The van der Waals surface area contributed by atoms with Crippen LogP contribution in [0, 0.1) is 0 Å². The van der Waals surface area contributed by atoms with Crippen LogP contribution in [0.5, 0.6) is 0 Å². The van der Waals surface area contributed by atoms with Crippen LogP contribution in [0.4, 0.5) is 0 Å². The Kier molecular flexibility index (Phi) is 5.15. The van der Waals surface area contributed by atoms with Crippen molar-refractivity contribution in [2.45, 2.75) is 26.4 Å². The second-order valence-corrected chi connectivity index (χ2v) is 2.07. The van der Waals surface area contributed by atoms with Gasteiger partial charge in [0.25, 0.3) is 6.47 Å². The summed E-state index contributed by atoms with van der Waals surface area (Å²) in [5.41, 5.74) is 0. The van der Waals surface area contributed by atoms with E-state index in [1.54, 1.807) is 0 Å². The van der Waals surface area contributed by atoms with Crippen molar-refractivity contribution in [1.29, 1.82) is 0 Å². The molecule has 0 N–H and O–H groups in total. The molecule has 0 aliphatic heterocycles. The fourth-order valence-corrected chi connectivity index (χ4v) is 0.617. The third-order valence-electron chi connectivity index (χ3n) is 1.14. The fraction of sp³-hybridized carbons (Fsp3) is 0.714. The van der Waals surface area contributed by atoms with E-state index < -0.39 is 0 Å². The normalized spacial score (nSPS) is 11.8. The maximum atomic E-state index is 10.4. The van der Waals surface area contributed by atoms with Crippen molar-refractivity contribution in [3.05, 3.63) is 0 Å². The molecule has 0 aliphatic rings. The zero-order chi connectivity index (χ0) is 8.69. The van der Waals surface area contributed by atoms with Crippen LogP contribution < -0.4 is 0 Å². The summed E-state index contributed by atoms with van der Waals surface area (Å²) in [4.78, 5) is 20.2. The van der Waals surface area contributed by atoms with E-state index in [-0.39, 0.29) is 18.7 Å². The van der Waals surface area contributed by atoms with Gasteiger partial charge in [-0.15, -0.1) is 0 Å². The van der Waals surface area contributed by atoms with E-state index in [1.807, 2.05) is 6.92 Å². The highest BCUT2D eigenvalue weighted by atomic mass is 16.6. The number of hydrogen-bond acceptors (Lipinski definition) is 4. The van der Waals surface area contributed by atoms with E-state index in [0.29, 0.717) is 12.9 Å². The molecule has 1 atom stereocenters. The maximum absolute atomic E-state index is 10.4. The van der Waals surface area contributed by atoms with Crippen LogP contribution in [-0.4, -0.2) is 25.2 Å². The lowest BCUT2D eigenvalue weighted by Gasteiger charge is -2.12. The molecule has 0 aromatic heterocycles. The van der Waals surface area contributed by atoms with Crippen LogP contribution in [0.25, 0.3) is 0 Å². The molecule has 0 saturated heterocycles. The first-order valence-electron chi connectivity index (χ1n) is 3.43. The lowest BCUT2D eigenvalue weighted by atomic mass is 10.3. The van der Waals surface area contributed by atoms with Crippen molar-refractivity contribution in [2.24, 2.45) is 0 Å². The van der Waals surface area contributed by atoms with Gasteiger partial charge in [-0.05, 0) is 6.42 Å². The number of hydrogen-bond donors (Lipinski definition) is 0. The van der Waals surface area contributed by atoms with E-state index in [9.17, 15) is 9.59 Å². The second-order valence-electron chi connectivity index (χ2n) is 2.07. The Morgan fingerprint density at radius 1 is 1.64 bits per heavy atom. The van der Waals surface area contributed by atoms with Gasteiger partial charge in [0, 0.05) is 6.92 Å². The highest BCUT2D eigenvalue weighted by Gasteiger charge is 2.08. The Balaban J connectivity index is 3.57. The van der Waals surface area contributed by atoms with Gasteiger partial charge in [-0.25, -0.2) is 0 Å². The first kappa shape index (κ1) is 9.94. The molecule has 0 fully saturated rings. The zero-order valence-electron chi connectivity index (χ0n) is 6.70. The van der Waals surface area contributed by atoms with Gasteiger partial charge >= 0.3 is 5.97 Å². The standard InChI is InChI=1S/C7H12O4/c1-3-7(4-10-5-8)11-6(2)9/h5,7H,3-4H2,1-2H3. The number of carbonyl (C=O) groups is 2. The number of ether oxygens (including phenoxy) is 2. The van der Waals surface area contributed by atoms with Crippen LogP contribution in [0.15, 0.2) is 0 Å². The lowest BCUT2D eigenvalue weighted by molar-refractivity contribution is -0.152. The minimum Gasteiger partial charge on any atom is -0.464 e. The minimum absolute atomic E-state index is 0.138. The molecule has 0 spiro atoms. The van der Waals surface area contributed by atoms with Gasteiger partial charge in [0.2, 0.25) is 0 Å². The van der Waals surface area contributed by atoms with Gasteiger partial charge in [-0.2, -0.15) is 0 Å². The Bertz CT molecular complexity index is 132. The van der Waals surface area contributed by atoms with Crippen molar-refractivity contribution < 1.29 is 19.1 Å². The Labute approximate surface area is 65.5 Å². The average molecular weight is 160 g/mol. The number of esters is 1. The first-order chi connectivity index (χ1) is 5.20. The number of carbonyl (C=O) groups excluding carboxylic acids is 2. The van der Waals surface area contributed by atoms with Gasteiger partial charge in [-0.3, -0.25) is 9.59 Å². The molecule has 1 unspecified atom stereocenters. The van der Waals surface area contributed by atoms with Gasteiger partial charge in [0.15, 0.2) is 0 Å². The number of rotatable bonds is 5. The van der Waals surface area contributed by atoms with Crippen LogP contribution in [-0.2, 0) is 19.1 Å². The highest BCUT2D eigenvalue weighted by Crippen LogP contribution is 1.98. The predicted octanol–water partition coefficient (Wildman–Crippen LogP) is 0.501. The van der Waals surface area contributed by atoms with E-state index in [4.69, 9.17) is 4.74 Å². The Morgan fingerprint density at radius 3 is 2.64 bits per heavy atom. The smallest absolute Gasteiger partial charge is 0.303 e. The molecule has 0 bridgehead atoms. The van der Waals surface area contributed by atoms with Gasteiger partial charge in [0.05, 0.1) is 0 Å². The van der Waals surface area contributed by atoms with Crippen LogP contribution >= 0.6 is 0 Å². The summed E-state index contributed by atoms with van der Waals surface area (Å²) in [7, 11) is 0. The van der Waals surface area contributed by atoms with Crippen molar-refractivity contribution >= 4 is 12.4 Å². The minimum atomic E-state index is -0.355. The SMILES string of the molecule is CCC(COC=O)OC(C)=O. The zero-order valence-corrected chi connectivity index (χ0v) is 6.70. The largest absolute Gasteiger partial charge is 0.464 e. The lowest BCUT2D eigenvalue weighted by Crippen LogP contribution is -2.21. The summed E-state index contributed by atoms with van der Waals surface area (Å²) >= 11 is 0. The summed E-state index contributed by atoms with van der Waals surface area (Å²) in [5.74, 6) is -0.355. The molecule has 4 nitrogen and oxygen atoms in total. The summed E-state index contributed by atoms with van der Waals surface area (Å²) in [6.07, 6.45) is 0.339. The highest BCUT2D eigenvalue weighted by molar-refractivity contribution is 5.66. The summed E-state index contributed by atoms with van der Waals surface area (Å²) in [6, 6.07) is 0. The molecule has 0 heterocycles. The molecular weight excluding hydrogens is 148 g/mol. The van der Waals surface area contributed by atoms with Crippen LogP contribution in [0.3, 0.4) is 0 Å². The van der Waals surface area contributed by atoms with Crippen molar-refractivity contribution in [1.82, 2.24) is 0 Å². The average Bonchev–Trinajstić information content (AvgIpc) is 1.97. The monoisotopic (exact) mass is 160 g/mol. The molecule has 64 valence electrons. The Morgan fingerprint density at radius 2 is 2.27 bits per heavy atom. The van der Waals surface area contributed by atoms with E-state index in [0.717, 1.165) is 0 Å². The van der Waals surface area contributed by atoms with Crippen LogP contribution in [0.1, 0.15) is 20.3 Å². The van der Waals surface area contributed by atoms with Gasteiger partial charge < -0.3 is 9.47 Å². The summed E-state index contributed by atoms with van der Waals surface area (Å²) in [5, 5.41) is 0. The van der Waals surface area contributed by atoms with E-state index in [1.165, 1.54) is 6.92 Å². The van der Waals surface area contributed by atoms with Crippen LogP contribution in [0.2, 0.25) is 0 Å². The molecule has 0 radical (unpaired) electrons. The van der Waals surface area contributed by atoms with Crippen molar-refractivity contribution in [3.63, 3.8) is 0 Å². The first-order valence-corrected chi connectivity index (χ1v) is 3.43. The molecule has 0 aromatic carbocycles. The van der Waals surface area contributed by atoms with Crippen molar-refractivity contribution in [3.8, 4) is 0 Å². The molecule has 0 aliphatic carbocycles. The Hall–Kier alpha value is -1.06. The molecule has 11 heavy (non-hydrogen) atoms. The molecule has 0 amide bonds. The predicted molar refractivity (Wildman–Crippen MR) is 37.9 cm³/mol. The molecule has 4 heteroatoms. The van der Waals surface area contributed by atoms with Gasteiger partial charge in [0.1, 0.15) is 12.7 Å². The van der Waals surface area contributed by atoms with E-state index >= 15 is 0 Å². The molecular formula is C7H12O4. The molecule has 0 saturated carbocycles. The summed E-state index contributed by atoms with van der Waals surface area (Å²) < 4.78 is 9.21.